The Balaban J connectivity index is 2.22. The van der Waals surface area contributed by atoms with Crippen LogP contribution in [0.4, 0.5) is 5.69 Å². The van der Waals surface area contributed by atoms with Gasteiger partial charge in [-0.15, -0.1) is 0 Å². The summed E-state index contributed by atoms with van der Waals surface area (Å²) < 4.78 is 5.58. The monoisotopic (exact) mass is 260 g/mol. The number of anilines is 1. The number of phenolic OH excluding ortho intramolecular Hbond substituents is 1. The fraction of sp³-hybridized carbons (Fsp3) is 0. The van der Waals surface area contributed by atoms with Crippen molar-refractivity contribution in [2.75, 3.05) is 5.73 Å². The Hall–Kier alpha value is -2.20. The van der Waals surface area contributed by atoms with E-state index in [0.717, 1.165) is 0 Å². The lowest BCUT2D eigenvalue weighted by Crippen LogP contribution is -1.86. The molecule has 1 heterocycles. The van der Waals surface area contributed by atoms with E-state index in [-0.39, 0.29) is 5.75 Å². The zero-order valence-corrected chi connectivity index (χ0v) is 9.98. The van der Waals surface area contributed by atoms with E-state index in [2.05, 4.69) is 4.98 Å². The topological polar surface area (TPSA) is 72.3 Å². The molecule has 3 N–H and O–H groups in total. The molecule has 0 bridgehead atoms. The number of aromatic hydroxyl groups is 1. The summed E-state index contributed by atoms with van der Waals surface area (Å²) in [6, 6.07) is 9.83. The van der Waals surface area contributed by atoms with Crippen LogP contribution in [0.2, 0.25) is 5.02 Å². The van der Waals surface area contributed by atoms with Crippen molar-refractivity contribution >= 4 is 28.4 Å². The van der Waals surface area contributed by atoms with Crippen LogP contribution in [0.1, 0.15) is 0 Å². The smallest absolute Gasteiger partial charge is 0.228 e. The SMILES string of the molecule is Nc1ccc(Cl)c(-c2nc3cc(O)ccc3o2)c1. The van der Waals surface area contributed by atoms with E-state index in [1.807, 2.05) is 0 Å². The third-order valence-electron chi connectivity index (χ3n) is 2.59. The van der Waals surface area contributed by atoms with E-state index >= 15 is 0 Å². The van der Waals surface area contributed by atoms with E-state index < -0.39 is 0 Å². The molecule has 0 fully saturated rings. The number of hydrogen-bond acceptors (Lipinski definition) is 4. The summed E-state index contributed by atoms with van der Waals surface area (Å²) in [5.74, 6) is 0.522. The van der Waals surface area contributed by atoms with Crippen LogP contribution in [-0.2, 0) is 0 Å². The van der Waals surface area contributed by atoms with E-state index in [0.29, 0.717) is 33.3 Å². The molecule has 5 heteroatoms. The molecule has 1 aromatic heterocycles. The molecule has 0 aliphatic rings. The number of phenols is 1. The molecular weight excluding hydrogens is 252 g/mol. The maximum absolute atomic E-state index is 9.38. The van der Waals surface area contributed by atoms with Crippen molar-refractivity contribution in [1.29, 1.82) is 0 Å². The van der Waals surface area contributed by atoms with Gasteiger partial charge in [-0.2, -0.15) is 0 Å². The van der Waals surface area contributed by atoms with Gasteiger partial charge in [-0.05, 0) is 30.3 Å². The second kappa shape index (κ2) is 3.92. The quantitative estimate of drug-likeness (QED) is 0.658. The minimum atomic E-state index is 0.140. The van der Waals surface area contributed by atoms with Gasteiger partial charge in [0.15, 0.2) is 5.58 Å². The molecule has 90 valence electrons. The summed E-state index contributed by atoms with van der Waals surface area (Å²) in [4.78, 5) is 4.28. The zero-order chi connectivity index (χ0) is 12.7. The predicted octanol–water partition coefficient (Wildman–Crippen LogP) is 3.44. The van der Waals surface area contributed by atoms with Gasteiger partial charge >= 0.3 is 0 Å². The van der Waals surface area contributed by atoms with Gasteiger partial charge in [-0.25, -0.2) is 4.98 Å². The summed E-state index contributed by atoms with van der Waals surface area (Å²) >= 11 is 6.08. The number of fused-ring (bicyclic) bond motifs is 1. The Morgan fingerprint density at radius 2 is 2.00 bits per heavy atom. The van der Waals surface area contributed by atoms with Gasteiger partial charge < -0.3 is 15.3 Å². The van der Waals surface area contributed by atoms with Gasteiger partial charge in [0.1, 0.15) is 11.3 Å². The molecule has 3 rings (SSSR count). The molecule has 0 spiro atoms. The summed E-state index contributed by atoms with van der Waals surface area (Å²) in [7, 11) is 0. The van der Waals surface area contributed by atoms with Crippen LogP contribution in [0.3, 0.4) is 0 Å². The second-order valence-corrected chi connectivity index (χ2v) is 4.32. The minimum Gasteiger partial charge on any atom is -0.508 e. The number of oxazole rings is 1. The lowest BCUT2D eigenvalue weighted by molar-refractivity contribution is 0.476. The molecule has 0 amide bonds. The molecule has 4 nitrogen and oxygen atoms in total. The number of hydrogen-bond donors (Lipinski definition) is 2. The summed E-state index contributed by atoms with van der Waals surface area (Å²) in [6.45, 7) is 0. The van der Waals surface area contributed by atoms with Crippen LogP contribution >= 0.6 is 11.6 Å². The van der Waals surface area contributed by atoms with Gasteiger partial charge in [0.25, 0.3) is 0 Å². The summed E-state index contributed by atoms with van der Waals surface area (Å²) in [6.07, 6.45) is 0. The average molecular weight is 261 g/mol. The normalized spacial score (nSPS) is 10.9. The predicted molar refractivity (Wildman–Crippen MR) is 70.5 cm³/mol. The van der Waals surface area contributed by atoms with Crippen LogP contribution in [-0.4, -0.2) is 10.1 Å². The molecular formula is C13H9ClN2O2. The molecule has 0 saturated carbocycles. The highest BCUT2D eigenvalue weighted by Crippen LogP contribution is 2.32. The molecule has 18 heavy (non-hydrogen) atoms. The standard InChI is InChI=1S/C13H9ClN2O2/c14-10-3-1-7(15)5-9(10)13-16-11-6-8(17)2-4-12(11)18-13/h1-6,17H,15H2. The molecule has 0 radical (unpaired) electrons. The van der Waals surface area contributed by atoms with Crippen LogP contribution in [0, 0.1) is 0 Å². The highest BCUT2D eigenvalue weighted by molar-refractivity contribution is 6.33. The Labute approximate surface area is 108 Å². The fourth-order valence-electron chi connectivity index (χ4n) is 1.74. The van der Waals surface area contributed by atoms with Crippen molar-refractivity contribution in [3.63, 3.8) is 0 Å². The maximum Gasteiger partial charge on any atom is 0.228 e. The first-order valence-electron chi connectivity index (χ1n) is 5.28. The highest BCUT2D eigenvalue weighted by atomic mass is 35.5. The number of halogens is 1. The van der Waals surface area contributed by atoms with Crippen molar-refractivity contribution in [2.24, 2.45) is 0 Å². The van der Waals surface area contributed by atoms with Crippen LogP contribution in [0.25, 0.3) is 22.6 Å². The first-order valence-corrected chi connectivity index (χ1v) is 5.66. The maximum atomic E-state index is 9.38. The molecule has 0 unspecified atom stereocenters. The molecule has 3 aromatic rings. The minimum absolute atomic E-state index is 0.140. The number of nitrogens with two attached hydrogens (primary N) is 1. The Morgan fingerprint density at radius 3 is 2.83 bits per heavy atom. The molecule has 0 aliphatic heterocycles. The van der Waals surface area contributed by atoms with Crippen molar-refractivity contribution in [3.05, 3.63) is 41.4 Å². The van der Waals surface area contributed by atoms with E-state index in [9.17, 15) is 5.11 Å². The first kappa shape index (κ1) is 10.9. The molecule has 2 aromatic carbocycles. The number of aromatic nitrogens is 1. The summed E-state index contributed by atoms with van der Waals surface area (Å²) in [5.41, 5.74) is 8.09. The van der Waals surface area contributed by atoms with Gasteiger partial charge in [0, 0.05) is 11.8 Å². The highest BCUT2D eigenvalue weighted by Gasteiger charge is 2.12. The number of nitrogens with zero attached hydrogens (tertiary/aromatic N) is 1. The van der Waals surface area contributed by atoms with Crippen LogP contribution < -0.4 is 5.73 Å². The second-order valence-electron chi connectivity index (χ2n) is 3.91. The number of nitrogen functional groups attached to an aromatic ring is 1. The van der Waals surface area contributed by atoms with E-state index in [4.69, 9.17) is 21.8 Å². The molecule has 0 aliphatic carbocycles. The van der Waals surface area contributed by atoms with E-state index in [1.54, 1.807) is 24.3 Å². The number of rotatable bonds is 1. The van der Waals surface area contributed by atoms with Crippen LogP contribution in [0.5, 0.6) is 5.75 Å². The fourth-order valence-corrected chi connectivity index (χ4v) is 1.94. The summed E-state index contributed by atoms with van der Waals surface area (Å²) in [5, 5.41) is 9.89. The van der Waals surface area contributed by atoms with Crippen molar-refractivity contribution in [3.8, 4) is 17.2 Å². The zero-order valence-electron chi connectivity index (χ0n) is 9.22. The molecule has 0 atom stereocenters. The third kappa shape index (κ3) is 1.76. The Kier molecular flexibility index (Phi) is 2.38. The van der Waals surface area contributed by atoms with Crippen molar-refractivity contribution in [2.45, 2.75) is 0 Å². The lowest BCUT2D eigenvalue weighted by Gasteiger charge is -2.00. The Bertz CT molecular complexity index is 737. The average Bonchev–Trinajstić information content (AvgIpc) is 2.74. The molecule has 0 saturated heterocycles. The van der Waals surface area contributed by atoms with Crippen LogP contribution in [0.15, 0.2) is 40.8 Å². The Morgan fingerprint density at radius 1 is 1.17 bits per heavy atom. The van der Waals surface area contributed by atoms with E-state index in [1.165, 1.54) is 12.1 Å². The number of benzene rings is 2. The largest absolute Gasteiger partial charge is 0.508 e. The van der Waals surface area contributed by atoms with Crippen molar-refractivity contribution < 1.29 is 9.52 Å². The van der Waals surface area contributed by atoms with Gasteiger partial charge in [-0.3, -0.25) is 0 Å². The third-order valence-corrected chi connectivity index (χ3v) is 2.92. The van der Waals surface area contributed by atoms with Gasteiger partial charge in [-0.1, -0.05) is 11.6 Å². The van der Waals surface area contributed by atoms with Crippen molar-refractivity contribution in [1.82, 2.24) is 4.98 Å². The van der Waals surface area contributed by atoms with Gasteiger partial charge in [0.2, 0.25) is 5.89 Å². The lowest BCUT2D eigenvalue weighted by atomic mass is 10.2. The first-order chi connectivity index (χ1) is 8.63. The van der Waals surface area contributed by atoms with Gasteiger partial charge in [0.05, 0.1) is 10.6 Å².